The van der Waals surface area contributed by atoms with E-state index < -0.39 is 6.09 Å². The van der Waals surface area contributed by atoms with Crippen LogP contribution >= 0.6 is 11.6 Å². The molecule has 2 rings (SSSR count). The third kappa shape index (κ3) is 3.69. The molecule has 2 aromatic rings. The third-order valence-electron chi connectivity index (χ3n) is 2.47. The fraction of sp³-hybridized carbons (Fsp3) is 0.250. The van der Waals surface area contributed by atoms with E-state index in [9.17, 15) is 4.79 Å². The molecule has 2 heterocycles. The van der Waals surface area contributed by atoms with E-state index in [-0.39, 0.29) is 10.9 Å². The number of nitrogens with one attached hydrogen (secondary N) is 1. The first-order valence-electron chi connectivity index (χ1n) is 5.69. The highest BCUT2D eigenvalue weighted by Gasteiger charge is 2.11. The Morgan fingerprint density at radius 2 is 2.21 bits per heavy atom. The molecule has 2 aromatic heterocycles. The quantitative estimate of drug-likeness (QED) is 0.927. The number of hydrogen-bond acceptors (Lipinski definition) is 4. The highest BCUT2D eigenvalue weighted by molar-refractivity contribution is 6.31. The van der Waals surface area contributed by atoms with Crippen molar-refractivity contribution in [1.29, 1.82) is 0 Å². The molecule has 7 heteroatoms. The second-order valence-corrected chi connectivity index (χ2v) is 4.20. The van der Waals surface area contributed by atoms with Crippen LogP contribution < -0.4 is 10.1 Å². The zero-order chi connectivity index (χ0) is 13.7. The Morgan fingerprint density at radius 3 is 2.84 bits per heavy atom. The number of amides is 1. The summed E-state index contributed by atoms with van der Waals surface area (Å²) >= 11 is 5.87. The SMILES string of the molecule is Cn1ncc(OC(=O)NCCc2ccncc2)c1Cl. The second-order valence-electron chi connectivity index (χ2n) is 3.84. The molecule has 1 N–H and O–H groups in total. The zero-order valence-electron chi connectivity index (χ0n) is 10.3. The minimum atomic E-state index is -0.552. The molecule has 0 aliphatic carbocycles. The standard InChI is InChI=1S/C12H13ClN4O2/c1-17-11(13)10(8-16-17)19-12(18)15-7-4-9-2-5-14-6-3-9/h2-3,5-6,8H,4,7H2,1H3,(H,15,18). The van der Waals surface area contributed by atoms with Crippen molar-refractivity contribution >= 4 is 17.7 Å². The molecule has 0 saturated heterocycles. The summed E-state index contributed by atoms with van der Waals surface area (Å²) in [6.07, 6.45) is 4.97. The number of hydrogen-bond donors (Lipinski definition) is 1. The van der Waals surface area contributed by atoms with Crippen molar-refractivity contribution in [3.8, 4) is 5.75 Å². The van der Waals surface area contributed by atoms with Gasteiger partial charge in [0.05, 0.1) is 6.20 Å². The van der Waals surface area contributed by atoms with E-state index in [1.165, 1.54) is 10.9 Å². The summed E-state index contributed by atoms with van der Waals surface area (Å²) in [5.74, 6) is 0.241. The van der Waals surface area contributed by atoms with Gasteiger partial charge in [-0.1, -0.05) is 11.6 Å². The van der Waals surface area contributed by atoms with Crippen LogP contribution in [-0.2, 0) is 13.5 Å². The van der Waals surface area contributed by atoms with Crippen molar-refractivity contribution in [3.63, 3.8) is 0 Å². The van der Waals surface area contributed by atoms with Crippen molar-refractivity contribution in [1.82, 2.24) is 20.1 Å². The van der Waals surface area contributed by atoms with Crippen molar-refractivity contribution in [3.05, 3.63) is 41.4 Å². The summed E-state index contributed by atoms with van der Waals surface area (Å²) in [5.41, 5.74) is 1.09. The summed E-state index contributed by atoms with van der Waals surface area (Å²) in [6.45, 7) is 0.473. The molecular formula is C12H13ClN4O2. The monoisotopic (exact) mass is 280 g/mol. The van der Waals surface area contributed by atoms with Crippen LogP contribution in [0.4, 0.5) is 4.79 Å². The molecule has 0 saturated carbocycles. The molecule has 1 amide bonds. The molecule has 0 unspecified atom stereocenters. The van der Waals surface area contributed by atoms with Crippen LogP contribution in [0.1, 0.15) is 5.56 Å². The molecule has 100 valence electrons. The molecule has 0 aliphatic heterocycles. The van der Waals surface area contributed by atoms with Crippen LogP contribution in [0.25, 0.3) is 0 Å². The van der Waals surface area contributed by atoms with Gasteiger partial charge in [0.1, 0.15) is 0 Å². The number of carbonyl (C=O) groups excluding carboxylic acids is 1. The topological polar surface area (TPSA) is 69.0 Å². The van der Waals surface area contributed by atoms with Crippen molar-refractivity contribution in [2.75, 3.05) is 6.54 Å². The fourth-order valence-corrected chi connectivity index (χ4v) is 1.60. The van der Waals surface area contributed by atoms with Gasteiger partial charge in [-0.25, -0.2) is 4.79 Å². The summed E-state index contributed by atoms with van der Waals surface area (Å²) in [6, 6.07) is 3.79. The molecule has 6 nitrogen and oxygen atoms in total. The van der Waals surface area contributed by atoms with Gasteiger partial charge in [0.15, 0.2) is 10.9 Å². The Bertz CT molecular complexity index is 556. The van der Waals surface area contributed by atoms with Gasteiger partial charge in [-0.2, -0.15) is 5.10 Å². The van der Waals surface area contributed by atoms with E-state index in [1.54, 1.807) is 19.4 Å². The molecule has 0 fully saturated rings. The van der Waals surface area contributed by atoms with E-state index in [4.69, 9.17) is 16.3 Å². The van der Waals surface area contributed by atoms with Crippen LogP contribution in [0, 0.1) is 0 Å². The first-order chi connectivity index (χ1) is 9.16. The lowest BCUT2D eigenvalue weighted by Gasteiger charge is -2.05. The Balaban J connectivity index is 1.78. The van der Waals surface area contributed by atoms with Gasteiger partial charge in [0.2, 0.25) is 0 Å². The Kier molecular flexibility index (Phi) is 4.35. The van der Waals surface area contributed by atoms with Gasteiger partial charge in [0, 0.05) is 26.0 Å². The normalized spacial score (nSPS) is 10.2. The third-order valence-corrected chi connectivity index (χ3v) is 2.90. The molecule has 0 atom stereocenters. The van der Waals surface area contributed by atoms with E-state index >= 15 is 0 Å². The lowest BCUT2D eigenvalue weighted by atomic mass is 10.2. The first kappa shape index (κ1) is 13.4. The number of pyridine rings is 1. The van der Waals surface area contributed by atoms with Gasteiger partial charge >= 0.3 is 6.09 Å². The second kappa shape index (κ2) is 6.19. The van der Waals surface area contributed by atoms with E-state index in [1.807, 2.05) is 12.1 Å². The van der Waals surface area contributed by atoms with Gasteiger partial charge in [0.25, 0.3) is 0 Å². The van der Waals surface area contributed by atoms with E-state index in [0.717, 1.165) is 5.56 Å². The predicted molar refractivity (Wildman–Crippen MR) is 70.2 cm³/mol. The summed E-state index contributed by atoms with van der Waals surface area (Å²) in [5, 5.41) is 6.79. The first-order valence-corrected chi connectivity index (χ1v) is 6.06. The molecule has 0 aliphatic rings. The average Bonchev–Trinajstić information content (AvgIpc) is 2.72. The Hall–Kier alpha value is -2.08. The maximum atomic E-state index is 11.5. The maximum absolute atomic E-state index is 11.5. The number of aryl methyl sites for hydroxylation is 1. The van der Waals surface area contributed by atoms with Gasteiger partial charge < -0.3 is 10.1 Å². The van der Waals surface area contributed by atoms with E-state index in [0.29, 0.717) is 13.0 Å². The van der Waals surface area contributed by atoms with Crippen molar-refractivity contribution < 1.29 is 9.53 Å². The lowest BCUT2D eigenvalue weighted by molar-refractivity contribution is 0.200. The summed E-state index contributed by atoms with van der Waals surface area (Å²) < 4.78 is 6.44. The largest absolute Gasteiger partial charge is 0.412 e. The number of aromatic nitrogens is 3. The van der Waals surface area contributed by atoms with Crippen molar-refractivity contribution in [2.45, 2.75) is 6.42 Å². The van der Waals surface area contributed by atoms with Crippen LogP contribution in [0.15, 0.2) is 30.7 Å². The number of nitrogens with zero attached hydrogens (tertiary/aromatic N) is 3. The van der Waals surface area contributed by atoms with E-state index in [2.05, 4.69) is 15.4 Å². The zero-order valence-corrected chi connectivity index (χ0v) is 11.1. The average molecular weight is 281 g/mol. The number of carbonyl (C=O) groups is 1. The number of rotatable bonds is 4. The molecule has 0 aromatic carbocycles. The van der Waals surface area contributed by atoms with Gasteiger partial charge in [-0.3, -0.25) is 9.67 Å². The molecule has 0 bridgehead atoms. The van der Waals surface area contributed by atoms with Gasteiger partial charge in [-0.15, -0.1) is 0 Å². The highest BCUT2D eigenvalue weighted by Crippen LogP contribution is 2.22. The maximum Gasteiger partial charge on any atom is 0.412 e. The van der Waals surface area contributed by atoms with Crippen molar-refractivity contribution in [2.24, 2.45) is 7.05 Å². The predicted octanol–water partition coefficient (Wildman–Crippen LogP) is 1.80. The minimum absolute atomic E-state index is 0.241. The lowest BCUT2D eigenvalue weighted by Crippen LogP contribution is -2.28. The minimum Gasteiger partial charge on any atom is -0.405 e. The summed E-state index contributed by atoms with van der Waals surface area (Å²) in [7, 11) is 1.66. The Morgan fingerprint density at radius 1 is 1.47 bits per heavy atom. The molecule has 0 radical (unpaired) electrons. The fourth-order valence-electron chi connectivity index (χ4n) is 1.47. The molecule has 19 heavy (non-hydrogen) atoms. The van der Waals surface area contributed by atoms with Crippen LogP contribution in [0.5, 0.6) is 5.75 Å². The van der Waals surface area contributed by atoms with Crippen LogP contribution in [-0.4, -0.2) is 27.4 Å². The van der Waals surface area contributed by atoms with Gasteiger partial charge in [-0.05, 0) is 24.1 Å². The number of ether oxygens (including phenoxy) is 1. The Labute approximate surface area is 115 Å². The molecular weight excluding hydrogens is 268 g/mol. The smallest absolute Gasteiger partial charge is 0.405 e. The molecule has 0 spiro atoms. The van der Waals surface area contributed by atoms with Crippen LogP contribution in [0.3, 0.4) is 0 Å². The summed E-state index contributed by atoms with van der Waals surface area (Å²) in [4.78, 5) is 15.4. The highest BCUT2D eigenvalue weighted by atomic mass is 35.5. The number of halogens is 1. The van der Waals surface area contributed by atoms with Crippen LogP contribution in [0.2, 0.25) is 5.15 Å².